The second-order valence-electron chi connectivity index (χ2n) is 3.79. The number of halogens is 2. The van der Waals surface area contributed by atoms with Crippen molar-refractivity contribution in [2.45, 2.75) is 0 Å². The highest BCUT2D eigenvalue weighted by atomic mass is 79.9. The quantitative estimate of drug-likeness (QED) is 0.832. The van der Waals surface area contributed by atoms with Gasteiger partial charge in [0.25, 0.3) is 0 Å². The molecule has 1 N–H and O–H groups in total. The smallest absolute Gasteiger partial charge is 0.184 e. The Bertz CT molecular complexity index is 612. The largest absolute Gasteiger partial charge is 0.503 e. The molecule has 2 aromatic rings. The summed E-state index contributed by atoms with van der Waals surface area (Å²) in [7, 11) is 1.49. The first-order valence-electron chi connectivity index (χ1n) is 5.46. The van der Waals surface area contributed by atoms with Gasteiger partial charge >= 0.3 is 0 Å². The molecule has 0 heterocycles. The first-order valence-corrected chi connectivity index (χ1v) is 6.63. The molecule has 3 nitrogen and oxygen atoms in total. The van der Waals surface area contributed by atoms with Crippen LogP contribution < -0.4 is 4.74 Å². The van der Waals surface area contributed by atoms with Crippen LogP contribution in [0.15, 0.2) is 45.9 Å². The Morgan fingerprint density at radius 2 is 1.95 bits per heavy atom. The van der Waals surface area contributed by atoms with Crippen molar-refractivity contribution in [1.82, 2.24) is 0 Å². The zero-order valence-corrected chi connectivity index (χ0v) is 12.4. The number of rotatable bonds is 3. The van der Waals surface area contributed by atoms with Crippen molar-refractivity contribution >= 4 is 39.4 Å². The van der Waals surface area contributed by atoms with Gasteiger partial charge < -0.3 is 9.84 Å². The summed E-state index contributed by atoms with van der Waals surface area (Å²) in [5.41, 5.74) is 1.32. The number of hydrogen-bond donors (Lipinski definition) is 1. The van der Waals surface area contributed by atoms with E-state index in [0.29, 0.717) is 16.5 Å². The topological polar surface area (TPSA) is 41.8 Å². The van der Waals surface area contributed by atoms with Crippen molar-refractivity contribution in [3.8, 4) is 11.5 Å². The van der Waals surface area contributed by atoms with Crippen LogP contribution in [0.3, 0.4) is 0 Å². The molecular formula is C14H11BrClNO2. The molecule has 0 aromatic heterocycles. The third-order valence-electron chi connectivity index (χ3n) is 2.46. The Morgan fingerprint density at radius 3 is 2.58 bits per heavy atom. The molecule has 0 aliphatic heterocycles. The van der Waals surface area contributed by atoms with E-state index in [4.69, 9.17) is 16.3 Å². The lowest BCUT2D eigenvalue weighted by Gasteiger charge is -2.06. The normalized spacial score (nSPS) is 10.9. The summed E-state index contributed by atoms with van der Waals surface area (Å²) < 4.78 is 5.85. The molecule has 0 unspecified atom stereocenters. The van der Waals surface area contributed by atoms with Gasteiger partial charge in [0.2, 0.25) is 0 Å². The van der Waals surface area contributed by atoms with Crippen molar-refractivity contribution < 1.29 is 9.84 Å². The average molecular weight is 341 g/mol. The van der Waals surface area contributed by atoms with Crippen molar-refractivity contribution in [3.05, 3.63) is 51.5 Å². The van der Waals surface area contributed by atoms with E-state index in [2.05, 4.69) is 20.9 Å². The minimum absolute atomic E-state index is 0.0101. The molecule has 19 heavy (non-hydrogen) atoms. The number of phenols is 1. The van der Waals surface area contributed by atoms with Crippen LogP contribution in [-0.4, -0.2) is 18.4 Å². The monoisotopic (exact) mass is 339 g/mol. The van der Waals surface area contributed by atoms with Crippen molar-refractivity contribution in [2.24, 2.45) is 4.99 Å². The summed E-state index contributed by atoms with van der Waals surface area (Å²) in [5.74, 6) is 0.383. The van der Waals surface area contributed by atoms with E-state index in [9.17, 15) is 5.11 Å². The SMILES string of the molecule is COc1cc(Br)cc(/N=C/c2ccc(Cl)cc2)c1O. The van der Waals surface area contributed by atoms with Crippen LogP contribution in [0, 0.1) is 0 Å². The minimum atomic E-state index is 0.0101. The summed E-state index contributed by atoms with van der Waals surface area (Å²) in [5, 5.41) is 10.6. The molecular weight excluding hydrogens is 330 g/mol. The van der Waals surface area contributed by atoms with Crippen LogP contribution in [0.5, 0.6) is 11.5 Å². The fourth-order valence-electron chi connectivity index (χ4n) is 1.51. The molecule has 0 saturated carbocycles. The summed E-state index contributed by atoms with van der Waals surface area (Å²) in [4.78, 5) is 4.25. The molecule has 2 rings (SSSR count). The van der Waals surface area contributed by atoms with Crippen LogP contribution in [0.1, 0.15) is 5.56 Å². The molecule has 0 saturated heterocycles. The van der Waals surface area contributed by atoms with E-state index < -0.39 is 0 Å². The van der Waals surface area contributed by atoms with E-state index >= 15 is 0 Å². The number of aliphatic imine (C=N–C) groups is 1. The van der Waals surface area contributed by atoms with Gasteiger partial charge in [-0.05, 0) is 29.8 Å². The maximum Gasteiger partial charge on any atom is 0.184 e. The maximum atomic E-state index is 9.95. The van der Waals surface area contributed by atoms with Gasteiger partial charge in [-0.1, -0.05) is 39.7 Å². The van der Waals surface area contributed by atoms with Gasteiger partial charge in [-0.2, -0.15) is 0 Å². The second kappa shape index (κ2) is 6.08. The highest BCUT2D eigenvalue weighted by Gasteiger charge is 2.08. The van der Waals surface area contributed by atoms with Crippen LogP contribution in [0.4, 0.5) is 5.69 Å². The molecule has 98 valence electrons. The van der Waals surface area contributed by atoms with Gasteiger partial charge in [-0.15, -0.1) is 0 Å². The fourth-order valence-corrected chi connectivity index (χ4v) is 2.06. The number of benzene rings is 2. The first kappa shape index (κ1) is 13.9. The molecule has 0 radical (unpaired) electrons. The number of ether oxygens (including phenoxy) is 1. The summed E-state index contributed by atoms with van der Waals surface area (Å²) in [6, 6.07) is 10.6. The fraction of sp³-hybridized carbons (Fsp3) is 0.0714. The Labute approximate surface area is 124 Å². The van der Waals surface area contributed by atoms with Gasteiger partial charge in [0.15, 0.2) is 11.5 Å². The zero-order chi connectivity index (χ0) is 13.8. The number of phenolic OH excluding ortho intramolecular Hbond substituents is 1. The maximum absolute atomic E-state index is 9.95. The second-order valence-corrected chi connectivity index (χ2v) is 5.14. The predicted octanol–water partition coefficient (Wildman–Crippen LogP) is 4.57. The van der Waals surface area contributed by atoms with E-state index in [1.54, 1.807) is 30.5 Å². The lowest BCUT2D eigenvalue weighted by atomic mass is 10.2. The van der Waals surface area contributed by atoms with Crippen LogP contribution in [0.25, 0.3) is 0 Å². The number of nitrogens with zero attached hydrogens (tertiary/aromatic N) is 1. The van der Waals surface area contributed by atoms with Gasteiger partial charge in [0, 0.05) is 15.7 Å². The Hall–Kier alpha value is -1.52. The first-order chi connectivity index (χ1) is 9.10. The molecule has 0 bridgehead atoms. The van der Waals surface area contributed by atoms with Gasteiger partial charge in [0.05, 0.1) is 7.11 Å². The van der Waals surface area contributed by atoms with E-state index in [0.717, 1.165) is 10.0 Å². The molecule has 0 aliphatic rings. The number of aromatic hydroxyl groups is 1. The highest BCUT2D eigenvalue weighted by molar-refractivity contribution is 9.10. The van der Waals surface area contributed by atoms with Crippen LogP contribution in [-0.2, 0) is 0 Å². The summed E-state index contributed by atoms with van der Waals surface area (Å²) >= 11 is 9.15. The van der Waals surface area contributed by atoms with Crippen LogP contribution >= 0.6 is 27.5 Å². The Kier molecular flexibility index (Phi) is 4.45. The lowest BCUT2D eigenvalue weighted by Crippen LogP contribution is -1.85. The van der Waals surface area contributed by atoms with Crippen molar-refractivity contribution in [2.75, 3.05) is 7.11 Å². The summed E-state index contributed by atoms with van der Waals surface area (Å²) in [6.45, 7) is 0. The van der Waals surface area contributed by atoms with Gasteiger partial charge in [-0.3, -0.25) is 4.99 Å². The highest BCUT2D eigenvalue weighted by Crippen LogP contribution is 2.38. The van der Waals surface area contributed by atoms with E-state index in [1.807, 2.05) is 12.1 Å². The molecule has 0 amide bonds. The van der Waals surface area contributed by atoms with Crippen molar-refractivity contribution in [3.63, 3.8) is 0 Å². The standard InChI is InChI=1S/C14H11BrClNO2/c1-19-13-7-10(15)6-12(14(13)18)17-8-9-2-4-11(16)5-3-9/h2-8,18H,1H3/b17-8+. The van der Waals surface area contributed by atoms with Crippen LogP contribution in [0.2, 0.25) is 5.02 Å². The van der Waals surface area contributed by atoms with Crippen molar-refractivity contribution in [1.29, 1.82) is 0 Å². The third-order valence-corrected chi connectivity index (χ3v) is 3.17. The van der Waals surface area contributed by atoms with Gasteiger partial charge in [0.1, 0.15) is 5.69 Å². The van der Waals surface area contributed by atoms with E-state index in [-0.39, 0.29) is 5.75 Å². The molecule has 0 spiro atoms. The van der Waals surface area contributed by atoms with E-state index in [1.165, 1.54) is 7.11 Å². The number of methoxy groups -OCH3 is 1. The van der Waals surface area contributed by atoms with Gasteiger partial charge in [-0.25, -0.2) is 0 Å². The molecule has 0 aliphatic carbocycles. The molecule has 0 atom stereocenters. The molecule has 0 fully saturated rings. The minimum Gasteiger partial charge on any atom is -0.503 e. The Morgan fingerprint density at radius 1 is 1.26 bits per heavy atom. The Balaban J connectivity index is 2.32. The predicted molar refractivity (Wildman–Crippen MR) is 81.1 cm³/mol. The lowest BCUT2D eigenvalue weighted by molar-refractivity contribution is 0.374. The molecule has 5 heteroatoms. The molecule has 2 aromatic carbocycles. The summed E-state index contributed by atoms with van der Waals surface area (Å²) in [6.07, 6.45) is 1.65. The number of hydrogen-bond acceptors (Lipinski definition) is 3. The zero-order valence-electron chi connectivity index (χ0n) is 10.1. The average Bonchev–Trinajstić information content (AvgIpc) is 2.41. The third kappa shape index (κ3) is 3.49.